The summed E-state index contributed by atoms with van der Waals surface area (Å²) in [6.45, 7) is 3.27. The number of halogens is 1. The molecule has 1 saturated heterocycles. The normalized spacial score (nSPS) is 15.6. The van der Waals surface area contributed by atoms with Crippen molar-refractivity contribution < 1.29 is 14.3 Å². The zero-order chi connectivity index (χ0) is 20.6. The van der Waals surface area contributed by atoms with Crippen LogP contribution in [0.15, 0.2) is 54.6 Å². The summed E-state index contributed by atoms with van der Waals surface area (Å²) in [6, 6.07) is 17.1. The molecule has 6 heteroatoms. The van der Waals surface area contributed by atoms with E-state index in [2.05, 4.69) is 5.32 Å². The van der Waals surface area contributed by atoms with Crippen molar-refractivity contribution in [1.82, 2.24) is 10.2 Å². The van der Waals surface area contributed by atoms with E-state index in [-0.39, 0.29) is 30.4 Å². The van der Waals surface area contributed by atoms with Gasteiger partial charge >= 0.3 is 0 Å². The number of nitrogens with zero attached hydrogens (tertiary/aromatic N) is 1. The van der Waals surface area contributed by atoms with Crippen LogP contribution in [0.2, 0.25) is 5.02 Å². The van der Waals surface area contributed by atoms with Crippen molar-refractivity contribution in [2.75, 3.05) is 19.7 Å². The van der Waals surface area contributed by atoms with E-state index in [1.165, 1.54) is 0 Å². The number of piperidine rings is 1. The van der Waals surface area contributed by atoms with Gasteiger partial charge in [0.2, 0.25) is 5.91 Å². The molecule has 3 rings (SSSR count). The summed E-state index contributed by atoms with van der Waals surface area (Å²) in [5, 5.41) is 3.48. The Hall–Kier alpha value is -2.53. The first-order valence-electron chi connectivity index (χ1n) is 10.1. The van der Waals surface area contributed by atoms with Crippen LogP contribution in [0, 0.1) is 0 Å². The van der Waals surface area contributed by atoms with Crippen molar-refractivity contribution in [3.05, 3.63) is 65.2 Å². The Morgan fingerprint density at radius 2 is 1.76 bits per heavy atom. The highest BCUT2D eigenvalue weighted by molar-refractivity contribution is 6.32. The molecule has 0 saturated carbocycles. The van der Waals surface area contributed by atoms with Gasteiger partial charge in [0.1, 0.15) is 5.75 Å². The average molecular weight is 415 g/mol. The molecular formula is C23H27ClN2O3. The monoisotopic (exact) mass is 414 g/mol. The molecule has 0 radical (unpaired) electrons. The lowest BCUT2D eigenvalue weighted by Gasteiger charge is -2.34. The third-order valence-electron chi connectivity index (χ3n) is 5.28. The fourth-order valence-corrected chi connectivity index (χ4v) is 3.87. The van der Waals surface area contributed by atoms with E-state index in [1.54, 1.807) is 12.1 Å². The quantitative estimate of drug-likeness (QED) is 0.744. The van der Waals surface area contributed by atoms with Gasteiger partial charge in [0, 0.05) is 19.1 Å². The van der Waals surface area contributed by atoms with Crippen molar-refractivity contribution in [3.8, 4) is 5.75 Å². The van der Waals surface area contributed by atoms with E-state index >= 15 is 0 Å². The first-order valence-corrected chi connectivity index (χ1v) is 10.5. The number of likely N-dealkylation sites (tertiary alicyclic amines) is 1. The Morgan fingerprint density at radius 3 is 2.41 bits per heavy atom. The van der Waals surface area contributed by atoms with Crippen LogP contribution in [0.5, 0.6) is 5.75 Å². The number of carbonyl (C=O) groups is 2. The summed E-state index contributed by atoms with van der Waals surface area (Å²) in [4.78, 5) is 27.1. The number of hydrogen-bond acceptors (Lipinski definition) is 3. The largest absolute Gasteiger partial charge is 0.482 e. The van der Waals surface area contributed by atoms with Crippen LogP contribution in [0.1, 0.15) is 37.7 Å². The Bertz CT molecular complexity index is 820. The molecule has 1 N–H and O–H groups in total. The predicted octanol–water partition coefficient (Wildman–Crippen LogP) is 4.02. The maximum Gasteiger partial charge on any atom is 0.258 e. The van der Waals surface area contributed by atoms with E-state index in [0.717, 1.165) is 24.8 Å². The van der Waals surface area contributed by atoms with E-state index in [1.807, 2.05) is 54.3 Å². The first-order chi connectivity index (χ1) is 14.1. The molecule has 1 atom stereocenters. The molecule has 1 aliphatic rings. The van der Waals surface area contributed by atoms with Crippen LogP contribution >= 0.6 is 11.6 Å². The van der Waals surface area contributed by atoms with Gasteiger partial charge in [-0.15, -0.1) is 0 Å². The molecular weight excluding hydrogens is 388 g/mol. The number of rotatable bonds is 7. The van der Waals surface area contributed by atoms with E-state index in [9.17, 15) is 9.59 Å². The number of para-hydroxylation sites is 1. The third-order valence-corrected chi connectivity index (χ3v) is 5.59. The molecule has 2 aromatic carbocycles. The molecule has 5 nitrogen and oxygen atoms in total. The highest BCUT2D eigenvalue weighted by atomic mass is 35.5. The summed E-state index contributed by atoms with van der Waals surface area (Å²) in [5.41, 5.74) is 1.06. The fraction of sp³-hybridized carbons (Fsp3) is 0.391. The Labute approximate surface area is 177 Å². The van der Waals surface area contributed by atoms with Gasteiger partial charge in [0.15, 0.2) is 6.61 Å². The SMILES string of the molecule is CCC(C(=O)N1CCC(NC(=O)COc2ccccc2Cl)CC1)c1ccccc1. The molecule has 1 unspecified atom stereocenters. The molecule has 1 fully saturated rings. The van der Waals surface area contributed by atoms with Gasteiger partial charge in [-0.1, -0.05) is 61.0 Å². The first kappa shape index (κ1) is 21.2. The van der Waals surface area contributed by atoms with E-state index < -0.39 is 0 Å². The second-order valence-electron chi connectivity index (χ2n) is 7.26. The Kier molecular flexibility index (Phi) is 7.53. The molecule has 0 bridgehead atoms. The fourth-order valence-electron chi connectivity index (χ4n) is 3.68. The lowest BCUT2D eigenvalue weighted by molar-refractivity contribution is -0.134. The van der Waals surface area contributed by atoms with Gasteiger partial charge in [-0.05, 0) is 37.0 Å². The van der Waals surface area contributed by atoms with Crippen LogP contribution in [0.4, 0.5) is 0 Å². The highest BCUT2D eigenvalue weighted by Gasteiger charge is 2.28. The smallest absolute Gasteiger partial charge is 0.258 e. The van der Waals surface area contributed by atoms with E-state index in [0.29, 0.717) is 23.9 Å². The number of amides is 2. The van der Waals surface area contributed by atoms with Gasteiger partial charge in [0.25, 0.3) is 5.91 Å². The summed E-state index contributed by atoms with van der Waals surface area (Å²) in [6.07, 6.45) is 2.27. The third kappa shape index (κ3) is 5.73. The van der Waals surface area contributed by atoms with Crippen LogP contribution < -0.4 is 10.1 Å². The number of hydrogen-bond donors (Lipinski definition) is 1. The van der Waals surface area contributed by atoms with Crippen molar-refractivity contribution in [3.63, 3.8) is 0 Å². The van der Waals surface area contributed by atoms with Gasteiger partial charge in [0.05, 0.1) is 10.9 Å². The average Bonchev–Trinajstić information content (AvgIpc) is 2.75. The topological polar surface area (TPSA) is 58.6 Å². The van der Waals surface area contributed by atoms with Crippen molar-refractivity contribution in [2.24, 2.45) is 0 Å². The zero-order valence-electron chi connectivity index (χ0n) is 16.6. The Morgan fingerprint density at radius 1 is 1.10 bits per heavy atom. The minimum atomic E-state index is -0.176. The van der Waals surface area contributed by atoms with Crippen molar-refractivity contribution in [1.29, 1.82) is 0 Å². The number of carbonyl (C=O) groups excluding carboxylic acids is 2. The zero-order valence-corrected chi connectivity index (χ0v) is 17.4. The molecule has 0 aromatic heterocycles. The maximum atomic E-state index is 13.0. The second-order valence-corrected chi connectivity index (χ2v) is 7.66. The van der Waals surface area contributed by atoms with Crippen LogP contribution in [-0.2, 0) is 9.59 Å². The lowest BCUT2D eigenvalue weighted by Crippen LogP contribution is -2.48. The van der Waals surface area contributed by atoms with Crippen LogP contribution in [0.3, 0.4) is 0 Å². The molecule has 29 heavy (non-hydrogen) atoms. The molecule has 2 amide bonds. The Balaban J connectivity index is 1.45. The summed E-state index contributed by atoms with van der Waals surface area (Å²) in [5.74, 6) is 0.388. The van der Waals surface area contributed by atoms with Crippen molar-refractivity contribution in [2.45, 2.75) is 38.1 Å². The molecule has 154 valence electrons. The molecule has 2 aromatic rings. The predicted molar refractivity (Wildman–Crippen MR) is 114 cm³/mol. The number of nitrogens with one attached hydrogen (secondary N) is 1. The van der Waals surface area contributed by atoms with Crippen molar-refractivity contribution >= 4 is 23.4 Å². The van der Waals surface area contributed by atoms with Crippen LogP contribution in [-0.4, -0.2) is 42.5 Å². The molecule has 0 spiro atoms. The molecule has 1 heterocycles. The lowest BCUT2D eigenvalue weighted by atomic mass is 9.93. The second kappa shape index (κ2) is 10.3. The summed E-state index contributed by atoms with van der Waals surface area (Å²) >= 11 is 6.03. The summed E-state index contributed by atoms with van der Waals surface area (Å²) < 4.78 is 5.49. The maximum absolute atomic E-state index is 13.0. The van der Waals surface area contributed by atoms with Gasteiger partial charge in [-0.2, -0.15) is 0 Å². The standard InChI is InChI=1S/C23H27ClN2O3/c1-2-19(17-8-4-3-5-9-17)23(28)26-14-12-18(13-15-26)25-22(27)16-29-21-11-7-6-10-20(21)24/h3-11,18-19H,2,12-16H2,1H3,(H,25,27). The number of ether oxygens (including phenoxy) is 1. The number of benzene rings is 2. The van der Waals surface area contributed by atoms with Gasteiger partial charge < -0.3 is 15.0 Å². The van der Waals surface area contributed by atoms with E-state index in [4.69, 9.17) is 16.3 Å². The minimum absolute atomic E-state index is 0.0539. The van der Waals surface area contributed by atoms with Gasteiger partial charge in [-0.25, -0.2) is 0 Å². The molecule has 1 aliphatic heterocycles. The summed E-state index contributed by atoms with van der Waals surface area (Å²) in [7, 11) is 0. The molecule has 0 aliphatic carbocycles. The minimum Gasteiger partial charge on any atom is -0.482 e. The highest BCUT2D eigenvalue weighted by Crippen LogP contribution is 2.25. The van der Waals surface area contributed by atoms with Crippen LogP contribution in [0.25, 0.3) is 0 Å². The van der Waals surface area contributed by atoms with Gasteiger partial charge in [-0.3, -0.25) is 9.59 Å².